The number of likely N-dealkylation sites (N-methyl/N-ethyl adjacent to an activating group) is 1. The van der Waals surface area contributed by atoms with Crippen LogP contribution in [0.3, 0.4) is 0 Å². The van der Waals surface area contributed by atoms with E-state index in [4.69, 9.17) is 4.74 Å². The Labute approximate surface area is 165 Å². The maximum atomic E-state index is 10.9. The second-order valence-corrected chi connectivity index (χ2v) is 6.84. The summed E-state index contributed by atoms with van der Waals surface area (Å²) in [5.74, 6) is 1.57. The minimum atomic E-state index is -0.568. The Bertz CT molecular complexity index is 1030. The molecule has 4 rings (SSSR count). The van der Waals surface area contributed by atoms with Crippen LogP contribution in [0.2, 0.25) is 0 Å². The number of ether oxygens (including phenoxy) is 1. The maximum absolute atomic E-state index is 10.9. The van der Waals surface area contributed by atoms with Gasteiger partial charge in [-0.2, -0.15) is 0 Å². The number of nitrogens with zero attached hydrogens (tertiary/aromatic N) is 1. The van der Waals surface area contributed by atoms with Crippen molar-refractivity contribution in [2.45, 2.75) is 12.1 Å². The molecule has 0 bridgehead atoms. The highest BCUT2D eigenvalue weighted by Crippen LogP contribution is 2.31. The lowest BCUT2D eigenvalue weighted by atomic mass is 10.0. The Morgan fingerprint density at radius 3 is 2.32 bits per heavy atom. The van der Waals surface area contributed by atoms with Crippen molar-refractivity contribution in [2.24, 2.45) is 0 Å². The first-order valence-electron chi connectivity index (χ1n) is 9.47. The molecule has 0 aliphatic carbocycles. The quantitative estimate of drug-likeness (QED) is 0.498. The van der Waals surface area contributed by atoms with Gasteiger partial charge in [-0.05, 0) is 48.3 Å². The average molecular weight is 372 g/mol. The molecule has 2 N–H and O–H groups in total. The third-order valence-electron chi connectivity index (χ3n) is 4.89. The largest absolute Gasteiger partial charge is 0.457 e. The van der Waals surface area contributed by atoms with Crippen LogP contribution in [0.4, 0.5) is 0 Å². The van der Waals surface area contributed by atoms with Gasteiger partial charge in [0.15, 0.2) is 0 Å². The standard InChI is InChI=1S/C24H24N2O2/c1-25-17-23(27)24(19-8-4-2-5-9-19)26-15-14-18-12-13-21(16-22(18)26)28-20-10-6-3-7-11-20/h2-16,23-25,27H,17H2,1H3. The number of fused-ring (bicyclic) bond motifs is 1. The van der Waals surface area contributed by atoms with Crippen LogP contribution in [-0.2, 0) is 0 Å². The van der Waals surface area contributed by atoms with Crippen molar-refractivity contribution in [3.8, 4) is 11.5 Å². The number of para-hydroxylation sites is 1. The van der Waals surface area contributed by atoms with Gasteiger partial charge in [-0.25, -0.2) is 0 Å². The van der Waals surface area contributed by atoms with Gasteiger partial charge in [0.1, 0.15) is 11.5 Å². The molecule has 4 heteroatoms. The number of aromatic nitrogens is 1. The predicted molar refractivity (Wildman–Crippen MR) is 113 cm³/mol. The van der Waals surface area contributed by atoms with Gasteiger partial charge in [-0.15, -0.1) is 0 Å². The summed E-state index contributed by atoms with van der Waals surface area (Å²) in [4.78, 5) is 0. The molecule has 142 valence electrons. The first-order valence-corrected chi connectivity index (χ1v) is 9.47. The molecular formula is C24H24N2O2. The van der Waals surface area contributed by atoms with Crippen LogP contribution in [0.25, 0.3) is 10.9 Å². The highest BCUT2D eigenvalue weighted by atomic mass is 16.5. The van der Waals surface area contributed by atoms with E-state index in [1.54, 1.807) is 0 Å². The Morgan fingerprint density at radius 1 is 0.893 bits per heavy atom. The summed E-state index contributed by atoms with van der Waals surface area (Å²) in [7, 11) is 1.85. The molecule has 2 unspecified atom stereocenters. The molecule has 0 aliphatic rings. The summed E-state index contributed by atoms with van der Waals surface area (Å²) in [5, 5.41) is 15.1. The second-order valence-electron chi connectivity index (χ2n) is 6.84. The van der Waals surface area contributed by atoms with Gasteiger partial charge in [-0.1, -0.05) is 48.5 Å². The van der Waals surface area contributed by atoms with Crippen molar-refractivity contribution in [3.63, 3.8) is 0 Å². The van der Waals surface area contributed by atoms with Gasteiger partial charge in [0.05, 0.1) is 17.7 Å². The van der Waals surface area contributed by atoms with E-state index in [2.05, 4.69) is 34.1 Å². The van der Waals surface area contributed by atoms with Crippen molar-refractivity contribution in [1.82, 2.24) is 9.88 Å². The third kappa shape index (κ3) is 3.79. The zero-order valence-electron chi connectivity index (χ0n) is 15.8. The SMILES string of the molecule is CNCC(O)C(c1ccccc1)n1ccc2ccc(Oc3ccccc3)cc21. The summed E-state index contributed by atoms with van der Waals surface area (Å²) in [5.41, 5.74) is 2.09. The first-order chi connectivity index (χ1) is 13.8. The van der Waals surface area contributed by atoms with E-state index in [0.29, 0.717) is 6.54 Å². The number of nitrogens with one attached hydrogen (secondary N) is 1. The van der Waals surface area contributed by atoms with E-state index in [1.165, 1.54) is 0 Å². The fraction of sp³-hybridized carbons (Fsp3) is 0.167. The molecule has 0 amide bonds. The van der Waals surface area contributed by atoms with Crippen LogP contribution in [0.15, 0.2) is 91.1 Å². The fourth-order valence-corrected chi connectivity index (χ4v) is 3.60. The molecule has 0 fully saturated rings. The van der Waals surface area contributed by atoms with Crippen LogP contribution in [0.5, 0.6) is 11.5 Å². The van der Waals surface area contributed by atoms with E-state index in [9.17, 15) is 5.11 Å². The summed E-state index contributed by atoms with van der Waals surface area (Å²) in [6, 6.07) is 27.8. The van der Waals surface area contributed by atoms with Crippen molar-refractivity contribution in [1.29, 1.82) is 0 Å². The Hall–Kier alpha value is -3.08. The summed E-state index contributed by atoms with van der Waals surface area (Å²) < 4.78 is 8.15. The average Bonchev–Trinajstić information content (AvgIpc) is 3.13. The molecule has 28 heavy (non-hydrogen) atoms. The van der Waals surface area contributed by atoms with E-state index in [1.807, 2.05) is 73.9 Å². The molecule has 0 saturated carbocycles. The van der Waals surface area contributed by atoms with Crippen molar-refractivity contribution >= 4 is 10.9 Å². The topological polar surface area (TPSA) is 46.4 Å². The number of rotatable bonds is 7. The minimum absolute atomic E-state index is 0.196. The zero-order chi connectivity index (χ0) is 19.3. The first kappa shape index (κ1) is 18.3. The summed E-state index contributed by atoms with van der Waals surface area (Å²) >= 11 is 0. The number of benzene rings is 3. The molecule has 0 radical (unpaired) electrons. The molecule has 1 heterocycles. The monoisotopic (exact) mass is 372 g/mol. The molecule has 3 aromatic carbocycles. The number of hydrogen-bond acceptors (Lipinski definition) is 3. The van der Waals surface area contributed by atoms with E-state index in [0.717, 1.165) is 28.0 Å². The highest BCUT2D eigenvalue weighted by Gasteiger charge is 2.23. The lowest BCUT2D eigenvalue weighted by Crippen LogP contribution is -2.33. The highest BCUT2D eigenvalue weighted by molar-refractivity contribution is 5.82. The van der Waals surface area contributed by atoms with Crippen LogP contribution < -0.4 is 10.1 Å². The summed E-state index contributed by atoms with van der Waals surface area (Å²) in [6.45, 7) is 0.499. The van der Waals surface area contributed by atoms with Crippen LogP contribution >= 0.6 is 0 Å². The molecular weight excluding hydrogens is 348 g/mol. The molecule has 4 aromatic rings. The number of aliphatic hydroxyl groups is 1. The van der Waals surface area contributed by atoms with Gasteiger partial charge >= 0.3 is 0 Å². The molecule has 2 atom stereocenters. The van der Waals surface area contributed by atoms with Crippen LogP contribution in [-0.4, -0.2) is 29.4 Å². The van der Waals surface area contributed by atoms with E-state index >= 15 is 0 Å². The van der Waals surface area contributed by atoms with Crippen LogP contribution in [0, 0.1) is 0 Å². The normalized spacial score (nSPS) is 13.4. The Kier molecular flexibility index (Phi) is 5.42. The lowest BCUT2D eigenvalue weighted by molar-refractivity contribution is 0.132. The molecule has 0 saturated heterocycles. The Morgan fingerprint density at radius 2 is 1.61 bits per heavy atom. The molecule has 0 aliphatic heterocycles. The van der Waals surface area contributed by atoms with Gasteiger partial charge < -0.3 is 19.7 Å². The third-order valence-corrected chi connectivity index (χ3v) is 4.89. The van der Waals surface area contributed by atoms with Crippen molar-refractivity contribution in [3.05, 3.63) is 96.7 Å². The van der Waals surface area contributed by atoms with Crippen LogP contribution in [0.1, 0.15) is 11.6 Å². The van der Waals surface area contributed by atoms with Gasteiger partial charge in [0.2, 0.25) is 0 Å². The van der Waals surface area contributed by atoms with Crippen molar-refractivity contribution < 1.29 is 9.84 Å². The summed E-state index contributed by atoms with van der Waals surface area (Å²) in [6.07, 6.45) is 1.47. The van der Waals surface area contributed by atoms with Gasteiger partial charge in [0.25, 0.3) is 0 Å². The predicted octanol–water partition coefficient (Wildman–Crippen LogP) is 4.60. The smallest absolute Gasteiger partial charge is 0.129 e. The van der Waals surface area contributed by atoms with E-state index < -0.39 is 6.10 Å². The minimum Gasteiger partial charge on any atom is -0.457 e. The molecule has 1 aromatic heterocycles. The lowest BCUT2D eigenvalue weighted by Gasteiger charge is -2.26. The van der Waals surface area contributed by atoms with E-state index in [-0.39, 0.29) is 6.04 Å². The number of aliphatic hydroxyl groups excluding tert-OH is 1. The number of hydrogen-bond donors (Lipinski definition) is 2. The fourth-order valence-electron chi connectivity index (χ4n) is 3.60. The maximum Gasteiger partial charge on any atom is 0.129 e. The zero-order valence-corrected chi connectivity index (χ0v) is 15.8. The Balaban J connectivity index is 1.76. The van der Waals surface area contributed by atoms with Crippen molar-refractivity contribution in [2.75, 3.05) is 13.6 Å². The molecule has 4 nitrogen and oxygen atoms in total. The van der Waals surface area contributed by atoms with Gasteiger partial charge in [0, 0.05) is 18.8 Å². The second kappa shape index (κ2) is 8.30. The molecule has 0 spiro atoms. The van der Waals surface area contributed by atoms with Gasteiger partial charge in [-0.3, -0.25) is 0 Å².